The first-order chi connectivity index (χ1) is 8.94. The number of thioether (sulfide) groups is 1. The summed E-state index contributed by atoms with van der Waals surface area (Å²) in [6, 6.07) is 3.32. The van der Waals surface area contributed by atoms with Crippen LogP contribution in [0.5, 0.6) is 0 Å². The summed E-state index contributed by atoms with van der Waals surface area (Å²) in [4.78, 5) is -0.418. The molecule has 0 heterocycles. The lowest BCUT2D eigenvalue weighted by Crippen LogP contribution is -2.36. The van der Waals surface area contributed by atoms with Crippen molar-refractivity contribution in [3.05, 3.63) is 29.6 Å². The van der Waals surface area contributed by atoms with Crippen LogP contribution in [-0.4, -0.2) is 31.6 Å². The third-order valence-corrected chi connectivity index (χ3v) is 4.92. The van der Waals surface area contributed by atoms with E-state index in [1.165, 1.54) is 17.8 Å². The molecular weight excluding hydrogens is 289 g/mol. The number of aliphatic hydroxyl groups excluding tert-OH is 1. The molecule has 0 saturated carbocycles. The fourth-order valence-corrected chi connectivity index (χ4v) is 3.85. The molecule has 0 aliphatic carbocycles. The molecule has 0 aromatic heterocycles. The molecule has 1 aromatic carbocycles. The predicted molar refractivity (Wildman–Crippen MR) is 75.1 cm³/mol. The highest BCUT2D eigenvalue weighted by atomic mass is 32.2. The van der Waals surface area contributed by atoms with Crippen LogP contribution in [0, 0.1) is 5.82 Å². The van der Waals surface area contributed by atoms with E-state index in [9.17, 15) is 12.8 Å². The minimum Gasteiger partial charge on any atom is -0.392 e. The zero-order chi connectivity index (χ0) is 14.5. The second kappa shape index (κ2) is 7.23. The fourth-order valence-electron chi connectivity index (χ4n) is 1.57. The third kappa shape index (κ3) is 4.45. The van der Waals surface area contributed by atoms with Crippen molar-refractivity contribution in [2.75, 3.05) is 12.0 Å². The van der Waals surface area contributed by atoms with Crippen molar-refractivity contribution in [3.63, 3.8) is 0 Å². The Morgan fingerprint density at radius 1 is 1.47 bits per heavy atom. The summed E-state index contributed by atoms with van der Waals surface area (Å²) in [5.41, 5.74) is 0.361. The number of sulfonamides is 1. The average Bonchev–Trinajstić information content (AvgIpc) is 2.38. The number of halogens is 1. The van der Waals surface area contributed by atoms with E-state index in [1.807, 2.05) is 13.2 Å². The van der Waals surface area contributed by atoms with Crippen LogP contribution < -0.4 is 4.72 Å². The zero-order valence-corrected chi connectivity index (χ0v) is 12.5. The van der Waals surface area contributed by atoms with Gasteiger partial charge in [0.25, 0.3) is 0 Å². The van der Waals surface area contributed by atoms with Crippen molar-refractivity contribution < 1.29 is 17.9 Å². The molecule has 2 N–H and O–H groups in total. The first-order valence-electron chi connectivity index (χ1n) is 5.85. The molecule has 0 bridgehead atoms. The van der Waals surface area contributed by atoms with Gasteiger partial charge in [0.2, 0.25) is 10.0 Å². The molecule has 108 valence electrons. The standard InChI is InChI=1S/C12H18FNO3S2/c1-3-10(8-18-2)14-19(16,17)12-6-9(7-15)4-5-11(12)13/h4-6,10,14-15H,3,7-8H2,1-2H3. The van der Waals surface area contributed by atoms with Gasteiger partial charge in [0.05, 0.1) is 6.61 Å². The molecule has 4 nitrogen and oxygen atoms in total. The molecule has 0 aliphatic rings. The van der Waals surface area contributed by atoms with Gasteiger partial charge in [-0.1, -0.05) is 13.0 Å². The molecule has 7 heteroatoms. The van der Waals surface area contributed by atoms with Crippen molar-refractivity contribution >= 4 is 21.8 Å². The van der Waals surface area contributed by atoms with Crippen molar-refractivity contribution in [1.82, 2.24) is 4.72 Å². The maximum Gasteiger partial charge on any atom is 0.243 e. The Morgan fingerprint density at radius 3 is 2.68 bits per heavy atom. The quantitative estimate of drug-likeness (QED) is 0.805. The second-order valence-corrected chi connectivity index (χ2v) is 6.70. The van der Waals surface area contributed by atoms with E-state index in [1.54, 1.807) is 0 Å². The van der Waals surface area contributed by atoms with Crippen molar-refractivity contribution in [2.45, 2.75) is 30.9 Å². The Hall–Kier alpha value is -0.630. The Kier molecular flexibility index (Phi) is 6.25. The molecule has 1 unspecified atom stereocenters. The van der Waals surface area contributed by atoms with Crippen LogP contribution in [0.2, 0.25) is 0 Å². The normalized spacial score (nSPS) is 13.5. The van der Waals surface area contributed by atoms with E-state index in [-0.39, 0.29) is 12.6 Å². The first-order valence-corrected chi connectivity index (χ1v) is 8.72. The summed E-state index contributed by atoms with van der Waals surface area (Å²) in [6.45, 7) is 1.54. The van der Waals surface area contributed by atoms with Crippen molar-refractivity contribution in [3.8, 4) is 0 Å². The van der Waals surface area contributed by atoms with Crippen LogP contribution in [0.3, 0.4) is 0 Å². The number of nitrogens with one attached hydrogen (secondary N) is 1. The maximum atomic E-state index is 13.6. The van der Waals surface area contributed by atoms with Gasteiger partial charge < -0.3 is 5.11 Å². The minimum absolute atomic E-state index is 0.239. The first kappa shape index (κ1) is 16.4. The monoisotopic (exact) mass is 307 g/mol. The van der Waals surface area contributed by atoms with E-state index >= 15 is 0 Å². The third-order valence-electron chi connectivity index (χ3n) is 2.65. The lowest BCUT2D eigenvalue weighted by Gasteiger charge is -2.16. The van der Waals surface area contributed by atoms with E-state index < -0.39 is 20.7 Å². The molecule has 1 atom stereocenters. The summed E-state index contributed by atoms with van der Waals surface area (Å²) in [5.74, 6) is -0.194. The highest BCUT2D eigenvalue weighted by molar-refractivity contribution is 7.98. The van der Waals surface area contributed by atoms with Crippen LogP contribution in [0.15, 0.2) is 23.1 Å². The average molecular weight is 307 g/mol. The SMILES string of the molecule is CCC(CSC)NS(=O)(=O)c1cc(CO)ccc1F. The smallest absolute Gasteiger partial charge is 0.243 e. The Labute approximate surface area is 117 Å². The van der Waals surface area contributed by atoms with Crippen LogP contribution in [0.1, 0.15) is 18.9 Å². The highest BCUT2D eigenvalue weighted by Gasteiger charge is 2.22. The number of aliphatic hydroxyl groups is 1. The van der Waals surface area contributed by atoms with Gasteiger partial charge in [0.1, 0.15) is 10.7 Å². The minimum atomic E-state index is -3.91. The molecular formula is C12H18FNO3S2. The molecule has 19 heavy (non-hydrogen) atoms. The van der Waals surface area contributed by atoms with E-state index in [0.717, 1.165) is 12.1 Å². The molecule has 0 saturated heterocycles. The van der Waals surface area contributed by atoms with Gasteiger partial charge in [-0.15, -0.1) is 0 Å². The number of rotatable bonds is 7. The maximum absolute atomic E-state index is 13.6. The molecule has 0 radical (unpaired) electrons. The lowest BCUT2D eigenvalue weighted by atomic mass is 10.2. The predicted octanol–water partition coefficient (Wildman–Crippen LogP) is 1.74. The number of hydrogen-bond donors (Lipinski definition) is 2. The summed E-state index contributed by atoms with van der Waals surface area (Å²) >= 11 is 1.52. The Balaban J connectivity index is 3.05. The molecule has 1 aromatic rings. The number of hydrogen-bond acceptors (Lipinski definition) is 4. The molecule has 1 rings (SSSR count). The van der Waals surface area contributed by atoms with Crippen molar-refractivity contribution in [2.24, 2.45) is 0 Å². The van der Waals surface area contributed by atoms with E-state index in [4.69, 9.17) is 5.11 Å². The Bertz CT molecular complexity index is 520. The summed E-state index contributed by atoms with van der Waals surface area (Å²) in [6.07, 6.45) is 2.51. The zero-order valence-electron chi connectivity index (χ0n) is 10.9. The van der Waals surface area contributed by atoms with Crippen LogP contribution >= 0.6 is 11.8 Å². The molecule has 0 aliphatic heterocycles. The van der Waals surface area contributed by atoms with Gasteiger partial charge in [0.15, 0.2) is 0 Å². The van der Waals surface area contributed by atoms with Gasteiger partial charge in [-0.25, -0.2) is 17.5 Å². The van der Waals surface area contributed by atoms with Gasteiger partial charge in [-0.05, 0) is 30.4 Å². The topological polar surface area (TPSA) is 66.4 Å². The van der Waals surface area contributed by atoms with Gasteiger partial charge >= 0.3 is 0 Å². The van der Waals surface area contributed by atoms with Gasteiger partial charge in [-0.2, -0.15) is 11.8 Å². The second-order valence-electron chi connectivity index (χ2n) is 4.10. The highest BCUT2D eigenvalue weighted by Crippen LogP contribution is 2.17. The lowest BCUT2D eigenvalue weighted by molar-refractivity contribution is 0.281. The van der Waals surface area contributed by atoms with E-state index in [2.05, 4.69) is 4.72 Å². The fraction of sp³-hybridized carbons (Fsp3) is 0.500. The largest absolute Gasteiger partial charge is 0.392 e. The summed E-state index contributed by atoms with van der Waals surface area (Å²) in [5, 5.41) is 8.99. The van der Waals surface area contributed by atoms with Gasteiger partial charge in [0, 0.05) is 11.8 Å². The summed E-state index contributed by atoms with van der Waals surface area (Å²) in [7, 11) is -3.91. The molecule has 0 amide bonds. The van der Waals surface area contributed by atoms with E-state index in [0.29, 0.717) is 17.7 Å². The van der Waals surface area contributed by atoms with Crippen LogP contribution in [0.25, 0.3) is 0 Å². The summed E-state index contributed by atoms with van der Waals surface area (Å²) < 4.78 is 40.4. The number of benzene rings is 1. The van der Waals surface area contributed by atoms with Crippen molar-refractivity contribution in [1.29, 1.82) is 0 Å². The van der Waals surface area contributed by atoms with Crippen LogP contribution in [0.4, 0.5) is 4.39 Å². The molecule has 0 fully saturated rings. The van der Waals surface area contributed by atoms with Gasteiger partial charge in [-0.3, -0.25) is 0 Å². The van der Waals surface area contributed by atoms with Crippen LogP contribution in [-0.2, 0) is 16.6 Å². The Morgan fingerprint density at radius 2 is 2.16 bits per heavy atom. The molecule has 0 spiro atoms.